The number of nitrogens with one attached hydrogen (secondary N) is 1. The molecule has 180 valence electrons. The van der Waals surface area contributed by atoms with E-state index in [1.807, 2.05) is 36.9 Å². The molecule has 0 saturated carbocycles. The van der Waals surface area contributed by atoms with E-state index in [0.29, 0.717) is 38.6 Å². The second-order valence-electron chi connectivity index (χ2n) is 11.5. The largest absolute Gasteiger partial charge is 0.465 e. The van der Waals surface area contributed by atoms with Gasteiger partial charge in [-0.3, -0.25) is 9.59 Å². The number of hydrogen-bond donors (Lipinski definition) is 2. The van der Waals surface area contributed by atoms with Gasteiger partial charge in [-0.05, 0) is 36.0 Å². The lowest BCUT2D eigenvalue weighted by molar-refractivity contribution is -0.138. The summed E-state index contributed by atoms with van der Waals surface area (Å²) in [6.45, 7) is 13.5. The molecule has 3 rings (SSSR count). The first-order chi connectivity index (χ1) is 14.8. The van der Waals surface area contributed by atoms with Crippen molar-refractivity contribution in [2.24, 2.45) is 16.7 Å². The van der Waals surface area contributed by atoms with Crippen molar-refractivity contribution in [1.29, 1.82) is 0 Å². The van der Waals surface area contributed by atoms with Crippen molar-refractivity contribution in [3.63, 3.8) is 0 Å². The van der Waals surface area contributed by atoms with Gasteiger partial charge in [-0.15, -0.1) is 0 Å². The van der Waals surface area contributed by atoms with Gasteiger partial charge >= 0.3 is 6.09 Å². The smallest absolute Gasteiger partial charge is 0.405 e. The molecule has 9 nitrogen and oxygen atoms in total. The third-order valence-corrected chi connectivity index (χ3v) is 6.61. The zero-order valence-corrected chi connectivity index (χ0v) is 20.3. The van der Waals surface area contributed by atoms with Crippen LogP contribution in [-0.4, -0.2) is 88.7 Å². The number of nitrogens with zero attached hydrogens (tertiary/aromatic N) is 4. The lowest BCUT2D eigenvalue weighted by atomic mass is 9.71. The second kappa shape index (κ2) is 8.83. The van der Waals surface area contributed by atoms with Gasteiger partial charge in [0.2, 0.25) is 5.91 Å². The maximum absolute atomic E-state index is 13.3. The molecule has 0 aromatic carbocycles. The van der Waals surface area contributed by atoms with Crippen LogP contribution in [-0.2, 0) is 9.59 Å². The average molecular weight is 450 g/mol. The number of amides is 3. The number of carbonyl (C=O) groups is 3. The van der Waals surface area contributed by atoms with Crippen molar-refractivity contribution >= 4 is 17.9 Å². The van der Waals surface area contributed by atoms with Crippen LogP contribution in [0, 0.1) is 16.7 Å². The fourth-order valence-corrected chi connectivity index (χ4v) is 5.57. The Morgan fingerprint density at radius 3 is 2.31 bits per heavy atom. The van der Waals surface area contributed by atoms with Crippen LogP contribution in [0.25, 0.3) is 0 Å². The van der Waals surface area contributed by atoms with Gasteiger partial charge in [-0.2, -0.15) is 0 Å². The topological polar surface area (TPSA) is 96.4 Å². The first-order valence-corrected chi connectivity index (χ1v) is 11.5. The Morgan fingerprint density at radius 1 is 1.16 bits per heavy atom. The fraction of sp³-hybridized carbons (Fsp3) is 0.783. The van der Waals surface area contributed by atoms with Crippen LogP contribution in [0.15, 0.2) is 11.9 Å². The van der Waals surface area contributed by atoms with Gasteiger partial charge in [0.05, 0.1) is 13.3 Å². The van der Waals surface area contributed by atoms with E-state index in [0.717, 1.165) is 25.2 Å². The lowest BCUT2D eigenvalue weighted by Crippen LogP contribution is -2.57. The molecule has 0 unspecified atom stereocenters. The van der Waals surface area contributed by atoms with E-state index < -0.39 is 17.6 Å². The Hall–Kier alpha value is -2.45. The zero-order valence-electron chi connectivity index (χ0n) is 20.3. The molecule has 32 heavy (non-hydrogen) atoms. The van der Waals surface area contributed by atoms with Gasteiger partial charge in [0.1, 0.15) is 11.7 Å². The molecule has 2 N–H and O–H groups in total. The van der Waals surface area contributed by atoms with E-state index in [-0.39, 0.29) is 17.2 Å². The number of fused-ring (bicyclic) bond motifs is 1. The van der Waals surface area contributed by atoms with E-state index >= 15 is 0 Å². The van der Waals surface area contributed by atoms with E-state index in [1.54, 1.807) is 4.90 Å². The van der Waals surface area contributed by atoms with Crippen molar-refractivity contribution in [3.05, 3.63) is 11.9 Å². The third-order valence-electron chi connectivity index (χ3n) is 6.61. The standard InChI is InChI=1S/C23H39N5O4/c1-22(2,3)13-23(4,5)18(24-21(31)32)20(30)26-9-7-16(8-10-26)11-27-15-28-14-25(6)12-17(28)19(27)29/h12,16,18,24H,7-11,13-15H2,1-6H3,(H,31,32)/t18-/m0/s1. The van der Waals surface area contributed by atoms with Gasteiger partial charge in [0.25, 0.3) is 5.91 Å². The number of likely N-dealkylation sites (tertiary alicyclic amines) is 1. The zero-order chi connectivity index (χ0) is 23.8. The van der Waals surface area contributed by atoms with Gasteiger partial charge in [-0.25, -0.2) is 4.79 Å². The first kappa shape index (κ1) is 24.2. The summed E-state index contributed by atoms with van der Waals surface area (Å²) in [5.74, 6) is 0.281. The SMILES string of the molecule is CN1C=C2C(=O)N(CC3CCN(C(=O)[C@H](NC(=O)O)C(C)(C)CC(C)(C)C)CC3)CN2C1. The number of rotatable bonds is 6. The Balaban J connectivity index is 1.58. The minimum atomic E-state index is -1.17. The summed E-state index contributed by atoms with van der Waals surface area (Å²) in [7, 11) is 1.96. The molecule has 0 aromatic rings. The number of hydrogen-bond acceptors (Lipinski definition) is 5. The number of carbonyl (C=O) groups excluding carboxylic acids is 2. The summed E-state index contributed by atoms with van der Waals surface area (Å²) in [5, 5.41) is 11.9. The van der Waals surface area contributed by atoms with Crippen molar-refractivity contribution in [2.45, 2.75) is 59.9 Å². The highest BCUT2D eigenvalue weighted by Crippen LogP contribution is 2.37. The highest BCUT2D eigenvalue weighted by Gasteiger charge is 2.42. The van der Waals surface area contributed by atoms with E-state index in [1.165, 1.54) is 0 Å². The summed E-state index contributed by atoms with van der Waals surface area (Å²) < 4.78 is 0. The Bertz CT molecular complexity index is 780. The molecular formula is C23H39N5O4. The average Bonchev–Trinajstić information content (AvgIpc) is 3.15. The van der Waals surface area contributed by atoms with Crippen LogP contribution in [0.2, 0.25) is 0 Å². The number of piperidine rings is 1. The van der Waals surface area contributed by atoms with Crippen LogP contribution in [0.3, 0.4) is 0 Å². The lowest BCUT2D eigenvalue weighted by Gasteiger charge is -2.42. The van der Waals surface area contributed by atoms with Crippen molar-refractivity contribution < 1.29 is 19.5 Å². The van der Waals surface area contributed by atoms with Gasteiger partial charge in [0.15, 0.2) is 0 Å². The normalized spacial score (nSPS) is 21.1. The molecule has 3 amide bonds. The molecule has 0 radical (unpaired) electrons. The predicted octanol–water partition coefficient (Wildman–Crippen LogP) is 2.17. The molecule has 1 atom stereocenters. The second-order valence-corrected chi connectivity index (χ2v) is 11.5. The molecule has 0 spiro atoms. The van der Waals surface area contributed by atoms with Gasteiger partial charge in [-0.1, -0.05) is 34.6 Å². The molecule has 0 aliphatic carbocycles. The van der Waals surface area contributed by atoms with Gasteiger partial charge < -0.3 is 30.0 Å². The number of carboxylic acid groups (broad SMARTS) is 1. The van der Waals surface area contributed by atoms with E-state index in [9.17, 15) is 19.5 Å². The summed E-state index contributed by atoms with van der Waals surface area (Å²) in [5.41, 5.74) is 0.221. The maximum Gasteiger partial charge on any atom is 0.405 e. The summed E-state index contributed by atoms with van der Waals surface area (Å²) in [6, 6.07) is -0.785. The van der Waals surface area contributed by atoms with Gasteiger partial charge in [0, 0.05) is 32.9 Å². The summed E-state index contributed by atoms with van der Waals surface area (Å²) >= 11 is 0. The highest BCUT2D eigenvalue weighted by molar-refractivity contribution is 5.95. The van der Waals surface area contributed by atoms with Crippen LogP contribution >= 0.6 is 0 Å². The first-order valence-electron chi connectivity index (χ1n) is 11.5. The van der Waals surface area contributed by atoms with E-state index in [2.05, 4.69) is 31.0 Å². The monoisotopic (exact) mass is 449 g/mol. The predicted molar refractivity (Wildman–Crippen MR) is 121 cm³/mol. The Morgan fingerprint density at radius 2 is 1.78 bits per heavy atom. The van der Waals surface area contributed by atoms with E-state index in [4.69, 9.17) is 0 Å². The molecule has 3 heterocycles. The Labute approximate surface area is 191 Å². The molecule has 2 fully saturated rings. The maximum atomic E-state index is 13.3. The third kappa shape index (κ3) is 5.48. The quantitative estimate of drug-likeness (QED) is 0.645. The van der Waals surface area contributed by atoms with Crippen LogP contribution in [0.4, 0.5) is 4.79 Å². The van der Waals surface area contributed by atoms with Crippen LogP contribution in [0.1, 0.15) is 53.9 Å². The van der Waals surface area contributed by atoms with Crippen LogP contribution in [0.5, 0.6) is 0 Å². The van der Waals surface area contributed by atoms with Crippen molar-refractivity contribution in [3.8, 4) is 0 Å². The molecule has 0 bridgehead atoms. The summed E-state index contributed by atoms with van der Waals surface area (Å²) in [6.07, 6.45) is 3.07. The highest BCUT2D eigenvalue weighted by atomic mass is 16.4. The molecular weight excluding hydrogens is 410 g/mol. The molecule has 3 aliphatic rings. The minimum Gasteiger partial charge on any atom is -0.465 e. The van der Waals surface area contributed by atoms with Crippen molar-refractivity contribution in [1.82, 2.24) is 24.9 Å². The fourth-order valence-electron chi connectivity index (χ4n) is 5.57. The van der Waals surface area contributed by atoms with Crippen LogP contribution < -0.4 is 5.32 Å². The van der Waals surface area contributed by atoms with Crippen molar-refractivity contribution in [2.75, 3.05) is 40.0 Å². The molecule has 9 heteroatoms. The molecule has 3 aliphatic heterocycles. The Kier molecular flexibility index (Phi) is 6.67. The molecule has 0 aromatic heterocycles. The minimum absolute atomic E-state index is 0.0317. The summed E-state index contributed by atoms with van der Waals surface area (Å²) in [4.78, 5) is 45.3. The molecule has 2 saturated heterocycles.